The maximum absolute atomic E-state index is 12.0. The quantitative estimate of drug-likeness (QED) is 0.903. The van der Waals surface area contributed by atoms with Gasteiger partial charge in [-0.2, -0.15) is 0 Å². The van der Waals surface area contributed by atoms with Crippen LogP contribution in [0.4, 0.5) is 0 Å². The Morgan fingerprint density at radius 3 is 2.57 bits per heavy atom. The molecule has 1 amide bonds. The number of benzene rings is 1. The largest absolute Gasteiger partial charge is 0.484 e. The van der Waals surface area contributed by atoms with Crippen LogP contribution in [0.3, 0.4) is 0 Å². The Kier molecular flexibility index (Phi) is 4.83. The molecule has 0 bridgehead atoms. The molecule has 0 aliphatic carbocycles. The number of hydrogen-bond donors (Lipinski definition) is 1. The summed E-state index contributed by atoms with van der Waals surface area (Å²) in [4.78, 5) is 24.5. The third-order valence-corrected chi connectivity index (χ3v) is 3.77. The molecule has 0 unspecified atom stereocenters. The van der Waals surface area contributed by atoms with E-state index in [1.165, 1.54) is 10.5 Å². The van der Waals surface area contributed by atoms with Crippen LogP contribution >= 0.6 is 0 Å². The summed E-state index contributed by atoms with van der Waals surface area (Å²) < 4.78 is 5.46. The summed E-state index contributed by atoms with van der Waals surface area (Å²) in [5.74, 6) is -0.143. The van der Waals surface area contributed by atoms with E-state index in [1.807, 2.05) is 24.3 Å². The number of carboxylic acid groups (broad SMARTS) is 1. The molecule has 1 aliphatic heterocycles. The van der Waals surface area contributed by atoms with Crippen molar-refractivity contribution < 1.29 is 19.4 Å². The van der Waals surface area contributed by atoms with Crippen molar-refractivity contribution in [2.75, 3.05) is 13.2 Å². The highest BCUT2D eigenvalue weighted by atomic mass is 16.5. The summed E-state index contributed by atoms with van der Waals surface area (Å²) in [6.07, 6.45) is 1.25. The number of hydrogen-bond acceptors (Lipinski definition) is 3. The fraction of sp³-hybridized carbons (Fsp3) is 0.500. The van der Waals surface area contributed by atoms with Gasteiger partial charge in [-0.25, -0.2) is 4.79 Å². The Morgan fingerprint density at radius 1 is 1.33 bits per heavy atom. The van der Waals surface area contributed by atoms with Gasteiger partial charge in [0.1, 0.15) is 11.8 Å². The zero-order chi connectivity index (χ0) is 15.4. The normalized spacial score (nSPS) is 18.0. The molecular formula is C16H21NO4. The number of ether oxygens (including phenoxy) is 1. The highest BCUT2D eigenvalue weighted by molar-refractivity contribution is 5.85. The first-order chi connectivity index (χ1) is 9.99. The second-order valence-electron chi connectivity index (χ2n) is 5.60. The van der Waals surface area contributed by atoms with E-state index < -0.39 is 12.0 Å². The van der Waals surface area contributed by atoms with Crippen LogP contribution in [0.5, 0.6) is 5.75 Å². The molecule has 1 atom stereocenters. The summed E-state index contributed by atoms with van der Waals surface area (Å²) in [6.45, 7) is 4.59. The van der Waals surface area contributed by atoms with Gasteiger partial charge in [0.2, 0.25) is 0 Å². The molecule has 1 fully saturated rings. The molecule has 0 aromatic heterocycles. The molecule has 1 aromatic rings. The second kappa shape index (κ2) is 6.61. The van der Waals surface area contributed by atoms with Gasteiger partial charge in [-0.3, -0.25) is 4.79 Å². The van der Waals surface area contributed by atoms with Gasteiger partial charge in [0.05, 0.1) is 0 Å². The number of aliphatic carboxylic acids is 1. The van der Waals surface area contributed by atoms with E-state index in [-0.39, 0.29) is 12.5 Å². The van der Waals surface area contributed by atoms with Crippen LogP contribution in [-0.2, 0) is 9.59 Å². The van der Waals surface area contributed by atoms with Gasteiger partial charge in [0.15, 0.2) is 6.61 Å². The van der Waals surface area contributed by atoms with Crippen molar-refractivity contribution >= 4 is 11.9 Å². The van der Waals surface area contributed by atoms with Gasteiger partial charge in [-0.1, -0.05) is 26.0 Å². The maximum Gasteiger partial charge on any atom is 0.326 e. The number of carbonyl (C=O) groups is 2. The van der Waals surface area contributed by atoms with Crippen LogP contribution in [-0.4, -0.2) is 41.1 Å². The van der Waals surface area contributed by atoms with Crippen LogP contribution in [0, 0.1) is 0 Å². The van der Waals surface area contributed by atoms with Gasteiger partial charge in [-0.15, -0.1) is 0 Å². The number of carbonyl (C=O) groups excluding carboxylic acids is 1. The third kappa shape index (κ3) is 3.74. The fourth-order valence-corrected chi connectivity index (χ4v) is 2.50. The van der Waals surface area contributed by atoms with Crippen molar-refractivity contribution in [3.05, 3.63) is 29.8 Å². The highest BCUT2D eigenvalue weighted by Crippen LogP contribution is 2.20. The predicted molar refractivity (Wildman–Crippen MR) is 78.4 cm³/mol. The smallest absolute Gasteiger partial charge is 0.326 e. The zero-order valence-electron chi connectivity index (χ0n) is 12.4. The third-order valence-electron chi connectivity index (χ3n) is 3.77. The van der Waals surface area contributed by atoms with E-state index >= 15 is 0 Å². The molecule has 1 N–H and O–H groups in total. The van der Waals surface area contributed by atoms with Crippen LogP contribution in [0.2, 0.25) is 0 Å². The molecule has 0 radical (unpaired) electrons. The number of amides is 1. The highest BCUT2D eigenvalue weighted by Gasteiger charge is 2.33. The molecule has 5 heteroatoms. The molecule has 21 heavy (non-hydrogen) atoms. The van der Waals surface area contributed by atoms with Crippen molar-refractivity contribution in [3.8, 4) is 5.75 Å². The fourth-order valence-electron chi connectivity index (χ4n) is 2.50. The lowest BCUT2D eigenvalue weighted by molar-refractivity contribution is -0.148. The minimum absolute atomic E-state index is 0.120. The van der Waals surface area contributed by atoms with E-state index in [4.69, 9.17) is 9.84 Å². The number of rotatable bonds is 5. The number of likely N-dealkylation sites (tertiary alicyclic amines) is 1. The Labute approximate surface area is 124 Å². The first-order valence-electron chi connectivity index (χ1n) is 7.24. The molecule has 2 rings (SSSR count). The molecule has 114 valence electrons. The topological polar surface area (TPSA) is 66.8 Å². The van der Waals surface area contributed by atoms with Gasteiger partial charge >= 0.3 is 5.97 Å². The summed E-state index contributed by atoms with van der Waals surface area (Å²) in [6, 6.07) is 6.91. The lowest BCUT2D eigenvalue weighted by atomic mass is 10.0. The first-order valence-corrected chi connectivity index (χ1v) is 7.24. The number of nitrogens with zero attached hydrogens (tertiary/aromatic N) is 1. The lowest BCUT2D eigenvalue weighted by Crippen LogP contribution is -2.42. The van der Waals surface area contributed by atoms with Crippen molar-refractivity contribution in [2.45, 2.75) is 38.6 Å². The standard InChI is InChI=1S/C16H21NO4/c1-11(2)12-5-7-13(8-6-12)21-10-15(18)17-9-3-4-14(17)16(19)20/h5-8,11,14H,3-4,9-10H2,1-2H3,(H,19,20)/t14-/m1/s1. The predicted octanol–water partition coefficient (Wildman–Crippen LogP) is 2.26. The SMILES string of the molecule is CC(C)c1ccc(OCC(=O)N2CCC[C@@H]2C(=O)O)cc1. The van der Waals surface area contributed by atoms with Crippen LogP contribution < -0.4 is 4.74 Å². The summed E-state index contributed by atoms with van der Waals surface area (Å²) >= 11 is 0. The minimum atomic E-state index is -0.942. The summed E-state index contributed by atoms with van der Waals surface area (Å²) in [7, 11) is 0. The Balaban J connectivity index is 1.90. The van der Waals surface area contributed by atoms with Crippen molar-refractivity contribution in [3.63, 3.8) is 0 Å². The zero-order valence-corrected chi connectivity index (χ0v) is 12.4. The molecule has 0 saturated carbocycles. The first kappa shape index (κ1) is 15.4. The molecule has 1 saturated heterocycles. The summed E-state index contributed by atoms with van der Waals surface area (Å²) in [5.41, 5.74) is 1.21. The Hall–Kier alpha value is -2.04. The summed E-state index contributed by atoms with van der Waals surface area (Å²) in [5, 5.41) is 9.07. The molecule has 1 aliphatic rings. The number of carboxylic acids is 1. The maximum atomic E-state index is 12.0. The van der Waals surface area contributed by atoms with Gasteiger partial charge in [0.25, 0.3) is 5.91 Å². The average molecular weight is 291 g/mol. The minimum Gasteiger partial charge on any atom is -0.484 e. The average Bonchev–Trinajstić information content (AvgIpc) is 2.95. The monoisotopic (exact) mass is 291 g/mol. The van der Waals surface area contributed by atoms with Crippen LogP contribution in [0.15, 0.2) is 24.3 Å². The molecule has 1 heterocycles. The second-order valence-corrected chi connectivity index (χ2v) is 5.60. The molecule has 5 nitrogen and oxygen atoms in total. The van der Waals surface area contributed by atoms with Crippen LogP contribution in [0.1, 0.15) is 38.2 Å². The van der Waals surface area contributed by atoms with E-state index in [0.717, 1.165) is 6.42 Å². The van der Waals surface area contributed by atoms with Crippen LogP contribution in [0.25, 0.3) is 0 Å². The Bertz CT molecular complexity index is 510. The molecule has 0 spiro atoms. The van der Waals surface area contributed by atoms with Crippen molar-refractivity contribution in [1.29, 1.82) is 0 Å². The van der Waals surface area contributed by atoms with E-state index in [2.05, 4.69) is 13.8 Å². The van der Waals surface area contributed by atoms with E-state index in [0.29, 0.717) is 24.6 Å². The van der Waals surface area contributed by atoms with Crippen molar-refractivity contribution in [1.82, 2.24) is 4.90 Å². The molecular weight excluding hydrogens is 270 g/mol. The van der Waals surface area contributed by atoms with Crippen molar-refractivity contribution in [2.24, 2.45) is 0 Å². The van der Waals surface area contributed by atoms with Gasteiger partial charge < -0.3 is 14.7 Å². The van der Waals surface area contributed by atoms with Gasteiger partial charge in [0, 0.05) is 6.54 Å². The van der Waals surface area contributed by atoms with E-state index in [1.54, 1.807) is 0 Å². The van der Waals surface area contributed by atoms with Gasteiger partial charge in [-0.05, 0) is 36.5 Å². The Morgan fingerprint density at radius 2 is 2.00 bits per heavy atom. The molecule has 1 aromatic carbocycles. The lowest BCUT2D eigenvalue weighted by Gasteiger charge is -2.21. The van der Waals surface area contributed by atoms with E-state index in [9.17, 15) is 9.59 Å².